The van der Waals surface area contributed by atoms with Crippen LogP contribution < -0.4 is 15.5 Å². The highest BCUT2D eigenvalue weighted by atomic mass is 19.4. The normalized spacial score (nSPS) is 11.1. The van der Waals surface area contributed by atoms with Crippen LogP contribution in [0, 0.1) is 0 Å². The van der Waals surface area contributed by atoms with Crippen molar-refractivity contribution >= 4 is 17.3 Å². The smallest absolute Gasteiger partial charge is 0.376 e. The topological polar surface area (TPSA) is 44.4 Å². The molecule has 0 radical (unpaired) electrons. The lowest BCUT2D eigenvalue weighted by Gasteiger charge is -2.21. The second-order valence-corrected chi connectivity index (χ2v) is 4.46. The number of alkyl halides is 3. The summed E-state index contributed by atoms with van der Waals surface area (Å²) in [6.45, 7) is 4.39. The standard InChI is InChI=1S/C14H20F3N3O/c1-3-20(4-2)12-7-5-11(6-8-12)18-9-13(21)19-10-14(15,16)17/h5-8,18H,3-4,9-10H2,1-2H3,(H,19,21). The molecule has 21 heavy (non-hydrogen) atoms. The maximum absolute atomic E-state index is 11.9. The van der Waals surface area contributed by atoms with E-state index >= 15 is 0 Å². The number of anilines is 2. The van der Waals surface area contributed by atoms with E-state index < -0.39 is 18.6 Å². The lowest BCUT2D eigenvalue weighted by Crippen LogP contribution is -2.37. The van der Waals surface area contributed by atoms with E-state index in [0.717, 1.165) is 18.8 Å². The second-order valence-electron chi connectivity index (χ2n) is 4.46. The van der Waals surface area contributed by atoms with Crippen molar-refractivity contribution in [2.75, 3.05) is 36.4 Å². The Morgan fingerprint density at radius 3 is 2.19 bits per heavy atom. The fraction of sp³-hybridized carbons (Fsp3) is 0.500. The first-order chi connectivity index (χ1) is 9.85. The molecule has 7 heteroatoms. The lowest BCUT2D eigenvalue weighted by atomic mass is 10.2. The summed E-state index contributed by atoms with van der Waals surface area (Å²) in [4.78, 5) is 13.4. The zero-order valence-electron chi connectivity index (χ0n) is 12.1. The fourth-order valence-corrected chi connectivity index (χ4v) is 1.82. The molecule has 0 heterocycles. The third kappa shape index (κ3) is 6.37. The Hall–Kier alpha value is -1.92. The van der Waals surface area contributed by atoms with Gasteiger partial charge in [-0.1, -0.05) is 0 Å². The number of nitrogens with zero attached hydrogens (tertiary/aromatic N) is 1. The van der Waals surface area contributed by atoms with E-state index in [1.807, 2.05) is 12.1 Å². The average Bonchev–Trinajstić information content (AvgIpc) is 2.45. The minimum atomic E-state index is -4.39. The van der Waals surface area contributed by atoms with Gasteiger partial charge in [0.1, 0.15) is 6.54 Å². The molecule has 0 aromatic heterocycles. The number of carbonyl (C=O) groups excluding carboxylic acids is 1. The molecule has 0 spiro atoms. The molecule has 0 bridgehead atoms. The summed E-state index contributed by atoms with van der Waals surface area (Å²) in [5.41, 5.74) is 1.75. The quantitative estimate of drug-likeness (QED) is 0.814. The molecule has 1 rings (SSSR count). The molecular weight excluding hydrogens is 283 g/mol. The number of nitrogens with one attached hydrogen (secondary N) is 2. The summed E-state index contributed by atoms with van der Waals surface area (Å²) < 4.78 is 35.8. The van der Waals surface area contributed by atoms with Gasteiger partial charge < -0.3 is 15.5 Å². The van der Waals surface area contributed by atoms with Crippen molar-refractivity contribution in [3.05, 3.63) is 24.3 Å². The fourth-order valence-electron chi connectivity index (χ4n) is 1.82. The SMILES string of the molecule is CCN(CC)c1ccc(NCC(=O)NCC(F)(F)F)cc1. The van der Waals surface area contributed by atoms with Crippen molar-refractivity contribution in [2.45, 2.75) is 20.0 Å². The van der Waals surface area contributed by atoms with Crippen molar-refractivity contribution in [1.29, 1.82) is 0 Å². The Kier molecular flexibility index (Phi) is 6.33. The van der Waals surface area contributed by atoms with Gasteiger partial charge in [-0.15, -0.1) is 0 Å². The molecule has 0 aliphatic rings. The van der Waals surface area contributed by atoms with E-state index in [-0.39, 0.29) is 6.54 Å². The molecule has 118 valence electrons. The van der Waals surface area contributed by atoms with Crippen molar-refractivity contribution in [1.82, 2.24) is 5.32 Å². The van der Waals surface area contributed by atoms with Crippen LogP contribution in [0.1, 0.15) is 13.8 Å². The van der Waals surface area contributed by atoms with Gasteiger partial charge in [0.15, 0.2) is 0 Å². The van der Waals surface area contributed by atoms with Crippen LogP contribution in [-0.2, 0) is 4.79 Å². The maximum atomic E-state index is 11.9. The molecular formula is C14H20F3N3O. The van der Waals surface area contributed by atoms with Gasteiger partial charge in [0.25, 0.3) is 0 Å². The molecule has 0 fully saturated rings. The van der Waals surface area contributed by atoms with Gasteiger partial charge in [0.2, 0.25) is 5.91 Å². The summed E-state index contributed by atoms with van der Waals surface area (Å²) in [6.07, 6.45) is -4.39. The number of benzene rings is 1. The van der Waals surface area contributed by atoms with Gasteiger partial charge in [-0.25, -0.2) is 0 Å². The van der Waals surface area contributed by atoms with Crippen LogP contribution in [0.15, 0.2) is 24.3 Å². The van der Waals surface area contributed by atoms with Crippen LogP contribution in [0.25, 0.3) is 0 Å². The molecule has 0 aliphatic carbocycles. The molecule has 0 atom stereocenters. The molecule has 1 amide bonds. The first-order valence-electron chi connectivity index (χ1n) is 6.78. The third-order valence-electron chi connectivity index (χ3n) is 2.93. The molecule has 0 unspecified atom stereocenters. The van der Waals surface area contributed by atoms with E-state index in [9.17, 15) is 18.0 Å². The van der Waals surface area contributed by atoms with Crippen molar-refractivity contribution < 1.29 is 18.0 Å². The molecule has 2 N–H and O–H groups in total. The summed E-state index contributed by atoms with van der Waals surface area (Å²) in [7, 11) is 0. The van der Waals surface area contributed by atoms with Gasteiger partial charge in [-0.05, 0) is 38.1 Å². The third-order valence-corrected chi connectivity index (χ3v) is 2.93. The predicted octanol–water partition coefficient (Wildman–Crippen LogP) is 2.62. The largest absolute Gasteiger partial charge is 0.405 e. The Balaban J connectivity index is 2.44. The molecule has 0 saturated heterocycles. The number of rotatable bonds is 7. The summed E-state index contributed by atoms with van der Waals surface area (Å²) in [5.74, 6) is -0.694. The minimum Gasteiger partial charge on any atom is -0.376 e. The van der Waals surface area contributed by atoms with Crippen LogP contribution in [0.5, 0.6) is 0 Å². The number of hydrogen-bond acceptors (Lipinski definition) is 3. The first kappa shape index (κ1) is 17.1. The number of carbonyl (C=O) groups is 1. The lowest BCUT2D eigenvalue weighted by molar-refractivity contribution is -0.137. The van der Waals surface area contributed by atoms with Crippen LogP contribution >= 0.6 is 0 Å². The minimum absolute atomic E-state index is 0.194. The van der Waals surface area contributed by atoms with Crippen molar-refractivity contribution in [3.8, 4) is 0 Å². The van der Waals surface area contributed by atoms with Crippen LogP contribution in [-0.4, -0.2) is 38.3 Å². The van der Waals surface area contributed by atoms with Gasteiger partial charge in [0, 0.05) is 24.5 Å². The first-order valence-corrected chi connectivity index (χ1v) is 6.78. The van der Waals surface area contributed by atoms with E-state index in [1.54, 1.807) is 17.4 Å². The molecule has 4 nitrogen and oxygen atoms in total. The van der Waals surface area contributed by atoms with Gasteiger partial charge in [-0.3, -0.25) is 4.79 Å². The molecule has 1 aromatic rings. The number of hydrogen-bond donors (Lipinski definition) is 2. The molecule has 0 aliphatic heterocycles. The number of halogens is 3. The maximum Gasteiger partial charge on any atom is 0.405 e. The Morgan fingerprint density at radius 1 is 1.14 bits per heavy atom. The molecule has 0 saturated carbocycles. The summed E-state index contributed by atoms with van der Waals surface area (Å²) >= 11 is 0. The van der Waals surface area contributed by atoms with Gasteiger partial charge in [0.05, 0.1) is 6.54 Å². The van der Waals surface area contributed by atoms with Crippen LogP contribution in [0.2, 0.25) is 0 Å². The highest BCUT2D eigenvalue weighted by Gasteiger charge is 2.27. The van der Waals surface area contributed by atoms with Gasteiger partial charge >= 0.3 is 6.18 Å². The van der Waals surface area contributed by atoms with Crippen LogP contribution in [0.3, 0.4) is 0 Å². The van der Waals surface area contributed by atoms with E-state index in [4.69, 9.17) is 0 Å². The predicted molar refractivity (Wildman–Crippen MR) is 77.6 cm³/mol. The average molecular weight is 303 g/mol. The monoisotopic (exact) mass is 303 g/mol. The van der Waals surface area contributed by atoms with Gasteiger partial charge in [-0.2, -0.15) is 13.2 Å². The van der Waals surface area contributed by atoms with E-state index in [2.05, 4.69) is 24.1 Å². The Labute approximate surface area is 122 Å². The molecule has 1 aromatic carbocycles. The van der Waals surface area contributed by atoms with E-state index in [1.165, 1.54) is 0 Å². The number of amides is 1. The van der Waals surface area contributed by atoms with Crippen molar-refractivity contribution in [3.63, 3.8) is 0 Å². The van der Waals surface area contributed by atoms with Crippen LogP contribution in [0.4, 0.5) is 24.5 Å². The Morgan fingerprint density at radius 2 is 1.71 bits per heavy atom. The van der Waals surface area contributed by atoms with E-state index in [0.29, 0.717) is 5.69 Å². The highest BCUT2D eigenvalue weighted by Crippen LogP contribution is 2.17. The zero-order chi connectivity index (χ0) is 15.9. The highest BCUT2D eigenvalue weighted by molar-refractivity contribution is 5.80. The second kappa shape index (κ2) is 7.75. The summed E-state index contributed by atoms with van der Waals surface area (Å²) in [6, 6.07) is 7.40. The summed E-state index contributed by atoms with van der Waals surface area (Å²) in [5, 5.41) is 4.59. The van der Waals surface area contributed by atoms with Crippen molar-refractivity contribution in [2.24, 2.45) is 0 Å². The Bertz CT molecular complexity index is 442. The zero-order valence-corrected chi connectivity index (χ0v) is 12.1.